The number of carbonyl (C=O) groups is 3. The van der Waals surface area contributed by atoms with Gasteiger partial charge in [-0.3, -0.25) is 14.4 Å². The van der Waals surface area contributed by atoms with Crippen LogP contribution in [0.4, 0.5) is 5.69 Å². The first-order chi connectivity index (χ1) is 16.0. The first-order valence-electron chi connectivity index (χ1n) is 10.8. The van der Waals surface area contributed by atoms with Crippen LogP contribution in [0.15, 0.2) is 34.8 Å². The van der Waals surface area contributed by atoms with Crippen molar-refractivity contribution in [1.82, 2.24) is 5.32 Å². The molecular formula is C23H27N3O8. The Labute approximate surface area is 194 Å². The van der Waals surface area contributed by atoms with Crippen molar-refractivity contribution in [3.8, 4) is 5.75 Å². The van der Waals surface area contributed by atoms with E-state index in [-0.39, 0.29) is 42.9 Å². The number of nitrogens with one attached hydrogen (secondary N) is 1. The summed E-state index contributed by atoms with van der Waals surface area (Å²) in [6, 6.07) is 1.82. The minimum absolute atomic E-state index is 0.0193. The Balaban J connectivity index is 1.94. The summed E-state index contributed by atoms with van der Waals surface area (Å²) in [5.74, 6) is -7.08. The van der Waals surface area contributed by atoms with Gasteiger partial charge in [0.25, 0.3) is 5.91 Å². The fourth-order valence-corrected chi connectivity index (χ4v) is 5.54. The number of anilines is 1. The van der Waals surface area contributed by atoms with Gasteiger partial charge in [-0.1, -0.05) is 0 Å². The normalized spacial score (nSPS) is 28.4. The Morgan fingerprint density at radius 3 is 2.50 bits per heavy atom. The highest BCUT2D eigenvalue weighted by Gasteiger charge is 2.62. The van der Waals surface area contributed by atoms with Crippen molar-refractivity contribution in [2.75, 3.05) is 32.1 Å². The zero-order valence-electron chi connectivity index (χ0n) is 18.7. The van der Waals surface area contributed by atoms with E-state index in [0.29, 0.717) is 11.3 Å². The second kappa shape index (κ2) is 8.12. The van der Waals surface area contributed by atoms with Crippen molar-refractivity contribution in [3.05, 3.63) is 45.9 Å². The predicted molar refractivity (Wildman–Crippen MR) is 119 cm³/mol. The average Bonchev–Trinajstić information content (AvgIpc) is 2.75. The standard InChI is InChI=1S/C23H27N3O8/c1-26(2)12-3-4-13(28)15-10(12)7-9-8-11-17(25-5-6-27)19(30)16(22(24)33)21(32)23(11,34)20(31)14(9)18(15)29/h3-4,9,11,17,25,27-28,30-31,34H,5-8H2,1-2H3,(H2,24,33)/t9-,11-,17-,23-/m0/s1. The maximum Gasteiger partial charge on any atom is 0.255 e. The van der Waals surface area contributed by atoms with Crippen LogP contribution in [0.3, 0.4) is 0 Å². The Morgan fingerprint density at radius 1 is 1.24 bits per heavy atom. The van der Waals surface area contributed by atoms with E-state index in [4.69, 9.17) is 5.73 Å². The van der Waals surface area contributed by atoms with Crippen LogP contribution < -0.4 is 16.0 Å². The minimum Gasteiger partial charge on any atom is -0.510 e. The Morgan fingerprint density at radius 2 is 1.91 bits per heavy atom. The summed E-state index contributed by atoms with van der Waals surface area (Å²) in [5, 5.41) is 55.9. The number of nitrogens with two attached hydrogens (primary N) is 1. The molecule has 182 valence electrons. The molecule has 4 atom stereocenters. The van der Waals surface area contributed by atoms with Crippen LogP contribution in [0.1, 0.15) is 22.3 Å². The number of hydrogen-bond donors (Lipinski definition) is 7. The van der Waals surface area contributed by atoms with Gasteiger partial charge in [-0.2, -0.15) is 0 Å². The maximum absolute atomic E-state index is 13.5. The fraction of sp³-hybridized carbons (Fsp3) is 0.435. The van der Waals surface area contributed by atoms with Crippen LogP contribution in [-0.2, 0) is 16.0 Å². The molecule has 0 aliphatic heterocycles. The maximum atomic E-state index is 13.5. The number of carbonyl (C=O) groups excluding carboxylic acids is 3. The van der Waals surface area contributed by atoms with Crippen molar-refractivity contribution in [3.63, 3.8) is 0 Å². The van der Waals surface area contributed by atoms with Gasteiger partial charge in [0.05, 0.1) is 18.2 Å². The summed E-state index contributed by atoms with van der Waals surface area (Å²) in [5.41, 5.74) is 2.68. The summed E-state index contributed by atoms with van der Waals surface area (Å²) in [6.07, 6.45) is 0.192. The van der Waals surface area contributed by atoms with Gasteiger partial charge in [-0.15, -0.1) is 0 Å². The van der Waals surface area contributed by atoms with E-state index in [9.17, 15) is 39.9 Å². The molecule has 0 saturated carbocycles. The van der Waals surface area contributed by atoms with Gasteiger partial charge in [0.2, 0.25) is 5.78 Å². The van der Waals surface area contributed by atoms with Gasteiger partial charge in [0.15, 0.2) is 11.4 Å². The number of ketones is 2. The van der Waals surface area contributed by atoms with Gasteiger partial charge in [-0.25, -0.2) is 0 Å². The minimum atomic E-state index is -2.71. The number of aliphatic hydroxyl groups is 4. The van der Waals surface area contributed by atoms with Gasteiger partial charge >= 0.3 is 0 Å². The number of hydrogen-bond acceptors (Lipinski definition) is 10. The molecule has 0 aromatic heterocycles. The fourth-order valence-electron chi connectivity index (χ4n) is 5.54. The van der Waals surface area contributed by atoms with Crippen LogP contribution in [0, 0.1) is 11.8 Å². The molecule has 3 aliphatic carbocycles. The van der Waals surface area contributed by atoms with E-state index in [1.54, 1.807) is 25.1 Å². The van der Waals surface area contributed by atoms with Crippen LogP contribution in [-0.4, -0.2) is 81.9 Å². The van der Waals surface area contributed by atoms with Crippen molar-refractivity contribution in [2.45, 2.75) is 24.5 Å². The van der Waals surface area contributed by atoms with E-state index in [0.717, 1.165) is 0 Å². The number of phenols is 1. The van der Waals surface area contributed by atoms with E-state index >= 15 is 0 Å². The molecule has 0 unspecified atom stereocenters. The number of nitrogens with zero attached hydrogens (tertiary/aromatic N) is 1. The molecular weight excluding hydrogens is 446 g/mol. The number of phenolic OH excluding ortho intramolecular Hbond substituents is 1. The molecule has 0 fully saturated rings. The van der Waals surface area contributed by atoms with Crippen molar-refractivity contribution >= 4 is 23.2 Å². The van der Waals surface area contributed by atoms with E-state index in [1.807, 2.05) is 0 Å². The summed E-state index contributed by atoms with van der Waals surface area (Å²) >= 11 is 0. The van der Waals surface area contributed by atoms with Crippen molar-refractivity contribution < 1.29 is 39.9 Å². The molecule has 0 saturated heterocycles. The number of benzene rings is 1. The summed E-state index contributed by atoms with van der Waals surface area (Å²) < 4.78 is 0. The molecule has 0 radical (unpaired) electrons. The number of amides is 1. The highest BCUT2D eigenvalue weighted by atomic mass is 16.3. The number of aliphatic hydroxyl groups excluding tert-OH is 3. The molecule has 1 aromatic carbocycles. The smallest absolute Gasteiger partial charge is 0.255 e. The predicted octanol–water partition coefficient (Wildman–Crippen LogP) is -0.793. The second-order valence-electron chi connectivity index (χ2n) is 9.06. The summed E-state index contributed by atoms with van der Waals surface area (Å²) in [7, 11) is 3.56. The molecule has 1 amide bonds. The second-order valence-corrected chi connectivity index (χ2v) is 9.06. The number of aromatic hydroxyl groups is 1. The Hall–Kier alpha value is -3.41. The lowest BCUT2D eigenvalue weighted by atomic mass is 9.58. The molecule has 3 aliphatic rings. The molecule has 0 heterocycles. The highest BCUT2D eigenvalue weighted by molar-refractivity contribution is 6.24. The highest BCUT2D eigenvalue weighted by Crippen LogP contribution is 2.52. The van der Waals surface area contributed by atoms with Gasteiger partial charge in [-0.05, 0) is 36.5 Å². The Bertz CT molecular complexity index is 1170. The molecule has 11 nitrogen and oxygen atoms in total. The summed E-state index contributed by atoms with van der Waals surface area (Å²) in [6.45, 7) is -0.396. The first-order valence-corrected chi connectivity index (χ1v) is 10.8. The third kappa shape index (κ3) is 3.11. The molecule has 1 aromatic rings. The monoisotopic (exact) mass is 473 g/mol. The van der Waals surface area contributed by atoms with Crippen LogP contribution in [0.5, 0.6) is 5.75 Å². The van der Waals surface area contributed by atoms with Crippen molar-refractivity contribution in [1.29, 1.82) is 0 Å². The number of rotatable bonds is 5. The number of Topliss-reactive ketones (excluding diaryl/α,β-unsaturated/α-hetero) is 2. The first kappa shape index (κ1) is 23.7. The van der Waals surface area contributed by atoms with Crippen LogP contribution >= 0.6 is 0 Å². The third-order valence-corrected chi connectivity index (χ3v) is 7.02. The summed E-state index contributed by atoms with van der Waals surface area (Å²) in [4.78, 5) is 40.4. The number of allylic oxidation sites excluding steroid dienone is 1. The lowest BCUT2D eigenvalue weighted by molar-refractivity contribution is -0.146. The lowest BCUT2D eigenvalue weighted by Gasteiger charge is -2.49. The molecule has 0 bridgehead atoms. The third-order valence-electron chi connectivity index (χ3n) is 7.02. The van der Waals surface area contributed by atoms with Gasteiger partial charge < -0.3 is 41.5 Å². The SMILES string of the molecule is CN(C)c1ccc(O)c2c1C[C@H]1C[C@H]3[C@H](NCCO)C(O)=C(C(N)=O)C(=O)[C@@]3(O)C(O)=C1C2=O. The molecule has 8 N–H and O–H groups in total. The zero-order chi connectivity index (χ0) is 25.1. The largest absolute Gasteiger partial charge is 0.510 e. The lowest BCUT2D eigenvalue weighted by Crippen LogP contribution is -2.64. The Kier molecular flexibility index (Phi) is 5.67. The van der Waals surface area contributed by atoms with Crippen LogP contribution in [0.2, 0.25) is 0 Å². The van der Waals surface area contributed by atoms with E-state index in [2.05, 4.69) is 5.32 Å². The number of fused-ring (bicyclic) bond motifs is 3. The van der Waals surface area contributed by atoms with Crippen molar-refractivity contribution in [2.24, 2.45) is 17.6 Å². The molecule has 4 rings (SSSR count). The average molecular weight is 473 g/mol. The molecule has 0 spiro atoms. The van der Waals surface area contributed by atoms with Crippen LogP contribution in [0.25, 0.3) is 0 Å². The number of primary amides is 1. The van der Waals surface area contributed by atoms with E-state index < -0.39 is 58.0 Å². The zero-order valence-corrected chi connectivity index (χ0v) is 18.7. The molecule has 11 heteroatoms. The molecule has 34 heavy (non-hydrogen) atoms. The van der Waals surface area contributed by atoms with Gasteiger partial charge in [0, 0.05) is 37.8 Å². The van der Waals surface area contributed by atoms with Gasteiger partial charge in [0.1, 0.15) is 22.8 Å². The quantitative estimate of drug-likeness (QED) is 0.266. The van der Waals surface area contributed by atoms with E-state index in [1.165, 1.54) is 6.07 Å². The topological polar surface area (TPSA) is 194 Å².